The molecule has 0 bridgehead atoms. The van der Waals surface area contributed by atoms with E-state index in [-0.39, 0.29) is 6.42 Å². The van der Waals surface area contributed by atoms with Crippen LogP contribution in [0.15, 0.2) is 23.1 Å². The van der Waals surface area contributed by atoms with Crippen LogP contribution in [0, 0.1) is 0 Å². The molecule has 22 heavy (non-hydrogen) atoms. The van der Waals surface area contributed by atoms with Crippen molar-refractivity contribution in [1.29, 1.82) is 0 Å². The summed E-state index contributed by atoms with van der Waals surface area (Å²) in [5.74, 6) is -1.14. The molecule has 1 rings (SSSR count). The second-order valence-electron chi connectivity index (χ2n) is 5.70. The normalized spacial score (nSPS) is 12.6. The maximum atomic E-state index is 11.7. The van der Waals surface area contributed by atoms with Gasteiger partial charge in [-0.3, -0.25) is 0 Å². The number of carbonyl (C=O) groups excluding carboxylic acids is 1. The molecule has 1 unspecified atom stereocenters. The van der Waals surface area contributed by atoms with Crippen molar-refractivity contribution in [3.63, 3.8) is 0 Å². The number of benzene rings is 1. The van der Waals surface area contributed by atoms with E-state index < -0.39 is 23.7 Å². The predicted octanol–water partition coefficient (Wildman–Crippen LogP) is 3.58. The van der Waals surface area contributed by atoms with Gasteiger partial charge in [0.2, 0.25) is 0 Å². The van der Waals surface area contributed by atoms with E-state index in [0.717, 1.165) is 4.90 Å². The molecule has 0 aromatic heterocycles. The maximum absolute atomic E-state index is 11.7. The minimum absolute atomic E-state index is 0.0851. The summed E-state index contributed by atoms with van der Waals surface area (Å²) in [5.41, 5.74) is -0.0271. The van der Waals surface area contributed by atoms with Crippen LogP contribution in [0.4, 0.5) is 4.79 Å². The molecular formula is C15H20ClNO4S. The smallest absolute Gasteiger partial charge is 0.408 e. The van der Waals surface area contributed by atoms with Gasteiger partial charge >= 0.3 is 12.1 Å². The Kier molecular flexibility index (Phi) is 6.56. The van der Waals surface area contributed by atoms with Crippen molar-refractivity contribution in [3.8, 4) is 0 Å². The van der Waals surface area contributed by atoms with Crippen molar-refractivity contribution in [3.05, 3.63) is 28.8 Å². The van der Waals surface area contributed by atoms with Crippen molar-refractivity contribution < 1.29 is 19.4 Å². The molecule has 1 aromatic rings. The zero-order valence-corrected chi connectivity index (χ0v) is 14.5. The Bertz CT molecular complexity index is 557. The lowest BCUT2D eigenvalue weighted by Gasteiger charge is -2.22. The molecule has 1 atom stereocenters. The molecule has 0 aliphatic carbocycles. The van der Waals surface area contributed by atoms with Gasteiger partial charge in [0.15, 0.2) is 0 Å². The van der Waals surface area contributed by atoms with E-state index in [2.05, 4.69) is 5.32 Å². The van der Waals surface area contributed by atoms with Crippen LogP contribution in [0.2, 0.25) is 5.02 Å². The fraction of sp³-hybridized carbons (Fsp3) is 0.467. The molecule has 0 radical (unpaired) electrons. The highest BCUT2D eigenvalue weighted by molar-refractivity contribution is 7.98. The Morgan fingerprint density at radius 2 is 2.05 bits per heavy atom. The number of carboxylic acid groups (broad SMARTS) is 1. The summed E-state index contributed by atoms with van der Waals surface area (Å²) in [6.45, 7) is 5.13. The second-order valence-corrected chi connectivity index (χ2v) is 6.99. The number of nitrogens with one attached hydrogen (secondary N) is 1. The van der Waals surface area contributed by atoms with Gasteiger partial charge in [-0.05, 0) is 50.8 Å². The number of rotatable bonds is 5. The summed E-state index contributed by atoms with van der Waals surface area (Å²) >= 11 is 7.63. The van der Waals surface area contributed by atoms with E-state index in [9.17, 15) is 14.7 Å². The number of hydrogen-bond acceptors (Lipinski definition) is 4. The van der Waals surface area contributed by atoms with Crippen LogP contribution in [-0.2, 0) is 16.0 Å². The van der Waals surface area contributed by atoms with Gasteiger partial charge in [-0.1, -0.05) is 11.6 Å². The molecule has 122 valence electrons. The number of thioether (sulfide) groups is 1. The Labute approximate surface area is 139 Å². The summed E-state index contributed by atoms with van der Waals surface area (Å²) in [6.07, 6.45) is 1.24. The first-order valence-corrected chi connectivity index (χ1v) is 8.27. The van der Waals surface area contributed by atoms with Gasteiger partial charge in [0.25, 0.3) is 0 Å². The number of carboxylic acids is 1. The third-order valence-electron chi connectivity index (χ3n) is 2.67. The average molecular weight is 346 g/mol. The summed E-state index contributed by atoms with van der Waals surface area (Å²) < 4.78 is 5.08. The molecule has 1 aromatic carbocycles. The van der Waals surface area contributed by atoms with Crippen molar-refractivity contribution in [2.24, 2.45) is 0 Å². The highest BCUT2D eigenvalue weighted by Gasteiger charge is 2.25. The van der Waals surface area contributed by atoms with E-state index in [1.807, 2.05) is 18.4 Å². The highest BCUT2D eigenvalue weighted by atomic mass is 35.5. The van der Waals surface area contributed by atoms with Gasteiger partial charge in [-0.2, -0.15) is 0 Å². The van der Waals surface area contributed by atoms with Gasteiger partial charge in [0.05, 0.1) is 0 Å². The monoisotopic (exact) mass is 345 g/mol. The Morgan fingerprint density at radius 1 is 1.41 bits per heavy atom. The van der Waals surface area contributed by atoms with E-state index in [4.69, 9.17) is 16.3 Å². The lowest BCUT2D eigenvalue weighted by molar-refractivity contribution is -0.139. The zero-order chi connectivity index (χ0) is 16.9. The molecule has 0 saturated carbocycles. The molecule has 2 N–H and O–H groups in total. The summed E-state index contributed by atoms with van der Waals surface area (Å²) in [6, 6.07) is 4.28. The lowest BCUT2D eigenvalue weighted by atomic mass is 10.1. The fourth-order valence-electron chi connectivity index (χ4n) is 1.70. The van der Waals surface area contributed by atoms with Gasteiger partial charge < -0.3 is 15.2 Å². The molecule has 7 heteroatoms. The number of alkyl carbamates (subject to hydrolysis) is 1. The topological polar surface area (TPSA) is 75.6 Å². The standard InChI is InChI=1S/C15H20ClNO4S/c1-15(2,3)21-14(20)17-12(13(18)19)8-9-7-10(22-4)5-6-11(9)16/h5-7,12H,8H2,1-4H3,(H,17,20)(H,18,19). The molecule has 0 fully saturated rings. The minimum Gasteiger partial charge on any atom is -0.480 e. The molecule has 0 heterocycles. The van der Waals surface area contributed by atoms with Crippen LogP contribution in [0.5, 0.6) is 0 Å². The van der Waals surface area contributed by atoms with Crippen molar-refractivity contribution in [1.82, 2.24) is 5.32 Å². The summed E-state index contributed by atoms with van der Waals surface area (Å²) in [5, 5.41) is 12.1. The Balaban J connectivity index is 2.85. The molecule has 1 amide bonds. The molecule has 0 spiro atoms. The number of hydrogen-bond donors (Lipinski definition) is 2. The van der Waals surface area contributed by atoms with Crippen LogP contribution < -0.4 is 5.32 Å². The third kappa shape index (κ3) is 6.15. The van der Waals surface area contributed by atoms with E-state index in [0.29, 0.717) is 10.6 Å². The van der Waals surface area contributed by atoms with Crippen molar-refractivity contribution >= 4 is 35.4 Å². The largest absolute Gasteiger partial charge is 0.480 e. The fourth-order valence-corrected chi connectivity index (χ4v) is 2.36. The van der Waals surface area contributed by atoms with E-state index in [1.54, 1.807) is 26.8 Å². The molecule has 0 aliphatic rings. The zero-order valence-electron chi connectivity index (χ0n) is 13.0. The first kappa shape index (κ1) is 18.6. The van der Waals surface area contributed by atoms with Crippen LogP contribution in [0.1, 0.15) is 26.3 Å². The molecule has 5 nitrogen and oxygen atoms in total. The average Bonchev–Trinajstić information content (AvgIpc) is 2.38. The van der Waals surface area contributed by atoms with Gasteiger partial charge in [-0.15, -0.1) is 11.8 Å². The number of ether oxygens (including phenoxy) is 1. The SMILES string of the molecule is CSc1ccc(Cl)c(CC(NC(=O)OC(C)(C)C)C(=O)O)c1. The minimum atomic E-state index is -1.14. The van der Waals surface area contributed by atoms with E-state index in [1.165, 1.54) is 11.8 Å². The summed E-state index contributed by atoms with van der Waals surface area (Å²) in [7, 11) is 0. The van der Waals surface area contributed by atoms with Crippen molar-refractivity contribution in [2.75, 3.05) is 6.26 Å². The predicted molar refractivity (Wildman–Crippen MR) is 87.7 cm³/mol. The number of carbonyl (C=O) groups is 2. The van der Waals surface area contributed by atoms with Crippen LogP contribution in [0.25, 0.3) is 0 Å². The van der Waals surface area contributed by atoms with Crippen molar-refractivity contribution in [2.45, 2.75) is 43.7 Å². The second kappa shape index (κ2) is 7.74. The molecule has 0 saturated heterocycles. The third-order valence-corrected chi connectivity index (χ3v) is 3.76. The first-order chi connectivity index (χ1) is 10.1. The van der Waals surface area contributed by atoms with E-state index >= 15 is 0 Å². The Morgan fingerprint density at radius 3 is 2.55 bits per heavy atom. The molecule has 0 aliphatic heterocycles. The molecular weight excluding hydrogens is 326 g/mol. The number of amides is 1. The Hall–Kier alpha value is -1.40. The van der Waals surface area contributed by atoms with Crippen LogP contribution in [0.3, 0.4) is 0 Å². The van der Waals surface area contributed by atoms with Gasteiger partial charge in [0.1, 0.15) is 11.6 Å². The first-order valence-electron chi connectivity index (χ1n) is 6.67. The maximum Gasteiger partial charge on any atom is 0.408 e. The quantitative estimate of drug-likeness (QED) is 0.798. The highest BCUT2D eigenvalue weighted by Crippen LogP contribution is 2.24. The van der Waals surface area contributed by atoms with Crippen LogP contribution >= 0.6 is 23.4 Å². The van der Waals surface area contributed by atoms with Gasteiger partial charge in [-0.25, -0.2) is 9.59 Å². The van der Waals surface area contributed by atoms with Crippen LogP contribution in [-0.4, -0.2) is 35.1 Å². The number of aliphatic carboxylic acids is 1. The lowest BCUT2D eigenvalue weighted by Crippen LogP contribution is -2.44. The number of halogens is 1. The summed E-state index contributed by atoms with van der Waals surface area (Å²) in [4.78, 5) is 24.1. The van der Waals surface area contributed by atoms with Gasteiger partial charge in [0, 0.05) is 16.3 Å².